The maximum atomic E-state index is 13.7. The zero-order valence-corrected chi connectivity index (χ0v) is 12.0. The summed E-state index contributed by atoms with van der Waals surface area (Å²) in [5, 5.41) is -0.216. The average Bonchev–Trinajstić information content (AvgIpc) is 2.91. The second-order valence-electron chi connectivity index (χ2n) is 4.10. The van der Waals surface area contributed by atoms with E-state index in [1.165, 1.54) is 18.2 Å². The zero-order chi connectivity index (χ0) is 14.6. The van der Waals surface area contributed by atoms with E-state index in [1.54, 1.807) is 18.7 Å². The predicted octanol–water partition coefficient (Wildman–Crippen LogP) is 2.04. The van der Waals surface area contributed by atoms with Gasteiger partial charge in [0.1, 0.15) is 4.90 Å². The predicted molar refractivity (Wildman–Crippen MR) is 73.4 cm³/mol. The highest BCUT2D eigenvalue weighted by Crippen LogP contribution is 2.21. The highest BCUT2D eigenvalue weighted by molar-refractivity contribution is 7.89. The van der Waals surface area contributed by atoms with Crippen LogP contribution in [0.4, 0.5) is 4.39 Å². The number of sulfonamides is 1. The lowest BCUT2D eigenvalue weighted by Gasteiger charge is -2.08. The zero-order valence-electron chi connectivity index (χ0n) is 10.5. The van der Waals surface area contributed by atoms with Crippen LogP contribution in [0, 0.1) is 5.82 Å². The fourth-order valence-corrected chi connectivity index (χ4v) is 3.06. The van der Waals surface area contributed by atoms with Gasteiger partial charge in [0.05, 0.1) is 11.3 Å². The monoisotopic (exact) mass is 317 g/mol. The van der Waals surface area contributed by atoms with E-state index in [0.717, 1.165) is 0 Å². The highest BCUT2D eigenvalue weighted by atomic mass is 35.5. The van der Waals surface area contributed by atoms with Crippen molar-refractivity contribution < 1.29 is 12.8 Å². The van der Waals surface area contributed by atoms with Crippen molar-refractivity contribution in [2.24, 2.45) is 0 Å². The largest absolute Gasteiger partial charge is 0.337 e. The summed E-state index contributed by atoms with van der Waals surface area (Å²) in [5.41, 5.74) is 0. The molecule has 0 bridgehead atoms. The summed E-state index contributed by atoms with van der Waals surface area (Å²) in [6, 6.07) is 3.87. The van der Waals surface area contributed by atoms with Crippen LogP contribution in [0.15, 0.2) is 41.8 Å². The number of nitrogens with zero attached hydrogens (tertiary/aromatic N) is 2. The summed E-state index contributed by atoms with van der Waals surface area (Å²) in [6.45, 7) is 0.826. The fraction of sp³-hybridized carbons (Fsp3) is 0.250. The van der Waals surface area contributed by atoms with E-state index >= 15 is 0 Å². The molecule has 2 rings (SSSR count). The van der Waals surface area contributed by atoms with Crippen molar-refractivity contribution in [3.05, 3.63) is 47.8 Å². The number of aromatic nitrogens is 2. The van der Waals surface area contributed by atoms with Crippen molar-refractivity contribution in [3.63, 3.8) is 0 Å². The van der Waals surface area contributed by atoms with Crippen molar-refractivity contribution in [2.45, 2.75) is 17.9 Å². The number of nitrogens with one attached hydrogen (secondary N) is 1. The SMILES string of the molecule is O=S(=O)(NCCCn1ccnc1)c1cccc(Cl)c1F. The molecule has 5 nitrogen and oxygen atoms in total. The number of benzene rings is 1. The van der Waals surface area contributed by atoms with Gasteiger partial charge in [-0.1, -0.05) is 17.7 Å². The molecule has 108 valence electrons. The summed E-state index contributed by atoms with van der Waals surface area (Å²) in [4.78, 5) is 3.44. The van der Waals surface area contributed by atoms with E-state index in [-0.39, 0.29) is 11.6 Å². The first kappa shape index (κ1) is 15.0. The maximum absolute atomic E-state index is 13.7. The van der Waals surface area contributed by atoms with Crippen LogP contribution in [0.25, 0.3) is 0 Å². The molecule has 0 unspecified atom stereocenters. The number of hydrogen-bond acceptors (Lipinski definition) is 3. The van der Waals surface area contributed by atoms with E-state index in [0.29, 0.717) is 13.0 Å². The van der Waals surface area contributed by atoms with Gasteiger partial charge in [0.25, 0.3) is 0 Å². The van der Waals surface area contributed by atoms with Crippen LogP contribution in [0.1, 0.15) is 6.42 Å². The number of imidazole rings is 1. The molecule has 1 aromatic heterocycles. The fourth-order valence-electron chi connectivity index (χ4n) is 1.66. The van der Waals surface area contributed by atoms with Gasteiger partial charge in [-0.2, -0.15) is 0 Å². The van der Waals surface area contributed by atoms with Gasteiger partial charge in [0.2, 0.25) is 10.0 Å². The lowest BCUT2D eigenvalue weighted by atomic mass is 10.3. The summed E-state index contributed by atoms with van der Waals surface area (Å²) in [7, 11) is -3.89. The minimum absolute atomic E-state index is 0.201. The van der Waals surface area contributed by atoms with Crippen molar-refractivity contribution >= 4 is 21.6 Å². The molecule has 0 radical (unpaired) electrons. The maximum Gasteiger partial charge on any atom is 0.243 e. The standard InChI is InChI=1S/C12H13ClFN3O2S/c13-10-3-1-4-11(12(10)14)20(18,19)16-5-2-7-17-8-6-15-9-17/h1,3-4,6,8-9,16H,2,5,7H2. The molecule has 2 aromatic rings. The minimum atomic E-state index is -3.89. The van der Waals surface area contributed by atoms with Gasteiger partial charge in [-0.3, -0.25) is 0 Å². The Labute approximate surface area is 121 Å². The molecule has 0 spiro atoms. The van der Waals surface area contributed by atoms with Crippen LogP contribution >= 0.6 is 11.6 Å². The number of aryl methyl sites for hydroxylation is 1. The second-order valence-corrected chi connectivity index (χ2v) is 6.25. The van der Waals surface area contributed by atoms with E-state index < -0.39 is 20.7 Å². The molecule has 0 aliphatic heterocycles. The van der Waals surface area contributed by atoms with Gasteiger partial charge in [-0.25, -0.2) is 22.5 Å². The topological polar surface area (TPSA) is 64.0 Å². The Bertz CT molecular complexity index is 674. The van der Waals surface area contributed by atoms with E-state index in [2.05, 4.69) is 9.71 Å². The molecule has 0 aliphatic carbocycles. The third kappa shape index (κ3) is 3.56. The Hall–Kier alpha value is -1.44. The molecular formula is C12H13ClFN3O2S. The second kappa shape index (κ2) is 6.34. The summed E-state index contributed by atoms with van der Waals surface area (Å²) in [6.07, 6.45) is 5.64. The lowest BCUT2D eigenvalue weighted by molar-refractivity contribution is 0.550. The van der Waals surface area contributed by atoms with Gasteiger partial charge < -0.3 is 4.57 Å². The van der Waals surface area contributed by atoms with Gasteiger partial charge in [0, 0.05) is 25.5 Å². The Morgan fingerprint density at radius 1 is 1.40 bits per heavy atom. The van der Waals surface area contributed by atoms with Crippen molar-refractivity contribution in [1.82, 2.24) is 14.3 Å². The highest BCUT2D eigenvalue weighted by Gasteiger charge is 2.19. The van der Waals surface area contributed by atoms with E-state index in [9.17, 15) is 12.8 Å². The first-order valence-electron chi connectivity index (χ1n) is 5.90. The first-order valence-corrected chi connectivity index (χ1v) is 7.76. The molecular weight excluding hydrogens is 305 g/mol. The molecule has 8 heteroatoms. The van der Waals surface area contributed by atoms with Crippen molar-refractivity contribution in [1.29, 1.82) is 0 Å². The molecule has 0 fully saturated rings. The molecule has 0 saturated heterocycles. The van der Waals surface area contributed by atoms with E-state index in [1.807, 2.05) is 4.57 Å². The smallest absolute Gasteiger partial charge is 0.243 e. The normalized spacial score (nSPS) is 11.7. The van der Waals surface area contributed by atoms with Crippen LogP contribution in [0.3, 0.4) is 0 Å². The summed E-state index contributed by atoms with van der Waals surface area (Å²) in [5.74, 6) is -0.934. The molecule has 20 heavy (non-hydrogen) atoms. The van der Waals surface area contributed by atoms with E-state index in [4.69, 9.17) is 11.6 Å². The molecule has 1 N–H and O–H groups in total. The molecule has 0 amide bonds. The Kier molecular flexibility index (Phi) is 4.74. The van der Waals surface area contributed by atoms with Crippen LogP contribution in [0.5, 0.6) is 0 Å². The molecule has 0 saturated carbocycles. The number of halogens is 2. The Morgan fingerprint density at radius 2 is 2.20 bits per heavy atom. The Morgan fingerprint density at radius 3 is 2.90 bits per heavy atom. The third-order valence-corrected chi connectivity index (χ3v) is 4.42. The quantitative estimate of drug-likeness (QED) is 0.829. The van der Waals surface area contributed by atoms with Crippen LogP contribution < -0.4 is 4.72 Å². The van der Waals surface area contributed by atoms with Gasteiger partial charge in [-0.05, 0) is 18.6 Å². The Balaban J connectivity index is 1.95. The number of rotatable bonds is 6. The first-order chi connectivity index (χ1) is 9.50. The van der Waals surface area contributed by atoms with Crippen LogP contribution in [-0.2, 0) is 16.6 Å². The van der Waals surface area contributed by atoms with Crippen LogP contribution in [0.2, 0.25) is 5.02 Å². The minimum Gasteiger partial charge on any atom is -0.337 e. The molecule has 0 aliphatic rings. The summed E-state index contributed by atoms with van der Waals surface area (Å²) >= 11 is 5.57. The molecule has 1 heterocycles. The molecule has 0 atom stereocenters. The summed E-state index contributed by atoms with van der Waals surface area (Å²) < 4.78 is 41.7. The van der Waals surface area contributed by atoms with Crippen molar-refractivity contribution in [3.8, 4) is 0 Å². The van der Waals surface area contributed by atoms with Gasteiger partial charge in [-0.15, -0.1) is 0 Å². The number of hydrogen-bond donors (Lipinski definition) is 1. The van der Waals surface area contributed by atoms with Crippen molar-refractivity contribution in [2.75, 3.05) is 6.54 Å². The third-order valence-electron chi connectivity index (χ3n) is 2.65. The average molecular weight is 318 g/mol. The van der Waals surface area contributed by atoms with Crippen LogP contribution in [-0.4, -0.2) is 24.5 Å². The lowest BCUT2D eigenvalue weighted by Crippen LogP contribution is -2.26. The van der Waals surface area contributed by atoms with Gasteiger partial charge >= 0.3 is 0 Å². The molecule has 1 aromatic carbocycles. The van der Waals surface area contributed by atoms with Gasteiger partial charge in [0.15, 0.2) is 5.82 Å².